The minimum atomic E-state index is 0.0347. The van der Waals surface area contributed by atoms with Crippen LogP contribution in [0.1, 0.15) is 42.5 Å². The molecule has 0 unspecified atom stereocenters. The van der Waals surface area contributed by atoms with Crippen LogP contribution in [-0.2, 0) is 0 Å². The van der Waals surface area contributed by atoms with Gasteiger partial charge in [0.25, 0.3) is 0 Å². The van der Waals surface area contributed by atoms with Crippen LogP contribution in [0.3, 0.4) is 0 Å². The second kappa shape index (κ2) is 4.82. The number of carbonyl (C=O) groups is 1. The lowest BCUT2D eigenvalue weighted by Gasteiger charge is -2.12. The van der Waals surface area contributed by atoms with Crippen LogP contribution >= 0.6 is 0 Å². The van der Waals surface area contributed by atoms with Crippen LogP contribution in [0.25, 0.3) is 0 Å². The summed E-state index contributed by atoms with van der Waals surface area (Å²) in [6, 6.07) is 0. The SMILES string of the molecule is O=C(C=C1CCCCC1)c1cncnc1. The molecule has 0 amide bonds. The van der Waals surface area contributed by atoms with Crippen molar-refractivity contribution in [2.24, 2.45) is 0 Å². The quantitative estimate of drug-likeness (QED) is 0.546. The number of hydrogen-bond acceptors (Lipinski definition) is 3. The van der Waals surface area contributed by atoms with Gasteiger partial charge < -0.3 is 0 Å². The van der Waals surface area contributed by atoms with Gasteiger partial charge in [-0.2, -0.15) is 0 Å². The van der Waals surface area contributed by atoms with Crippen molar-refractivity contribution in [3.05, 3.63) is 35.9 Å². The summed E-state index contributed by atoms with van der Waals surface area (Å²) in [5.74, 6) is 0.0347. The first-order chi connectivity index (χ1) is 7.36. The van der Waals surface area contributed by atoms with E-state index in [2.05, 4.69) is 9.97 Å². The molecule has 15 heavy (non-hydrogen) atoms. The molecule has 0 saturated heterocycles. The molecular formula is C12H14N2O. The predicted molar refractivity (Wildman–Crippen MR) is 57.5 cm³/mol. The van der Waals surface area contributed by atoms with E-state index in [4.69, 9.17) is 0 Å². The zero-order chi connectivity index (χ0) is 10.5. The summed E-state index contributed by atoms with van der Waals surface area (Å²) in [6.07, 6.45) is 12.2. The van der Waals surface area contributed by atoms with E-state index in [9.17, 15) is 4.79 Å². The Morgan fingerprint density at radius 2 is 1.80 bits per heavy atom. The minimum absolute atomic E-state index is 0.0347. The molecule has 0 spiro atoms. The Morgan fingerprint density at radius 3 is 2.47 bits per heavy atom. The number of hydrogen-bond donors (Lipinski definition) is 0. The highest BCUT2D eigenvalue weighted by Crippen LogP contribution is 2.22. The van der Waals surface area contributed by atoms with Gasteiger partial charge >= 0.3 is 0 Å². The molecule has 0 N–H and O–H groups in total. The molecule has 1 heterocycles. The number of carbonyl (C=O) groups excluding carboxylic acids is 1. The lowest BCUT2D eigenvalue weighted by Crippen LogP contribution is -2.01. The minimum Gasteiger partial charge on any atom is -0.289 e. The van der Waals surface area contributed by atoms with Crippen molar-refractivity contribution in [2.45, 2.75) is 32.1 Å². The maximum atomic E-state index is 11.8. The molecule has 3 nitrogen and oxygen atoms in total. The number of nitrogens with zero attached hydrogens (tertiary/aromatic N) is 2. The second-order valence-corrected chi connectivity index (χ2v) is 3.85. The van der Waals surface area contributed by atoms with Crippen LogP contribution in [0, 0.1) is 0 Å². The lowest BCUT2D eigenvalue weighted by atomic mass is 9.93. The molecular weight excluding hydrogens is 188 g/mol. The summed E-state index contributed by atoms with van der Waals surface area (Å²) in [5, 5.41) is 0. The fraction of sp³-hybridized carbons (Fsp3) is 0.417. The van der Waals surface area contributed by atoms with E-state index < -0.39 is 0 Å². The molecule has 1 aromatic rings. The van der Waals surface area contributed by atoms with Gasteiger partial charge in [-0.1, -0.05) is 12.0 Å². The molecule has 1 fully saturated rings. The van der Waals surface area contributed by atoms with E-state index in [0.29, 0.717) is 5.56 Å². The zero-order valence-electron chi connectivity index (χ0n) is 8.65. The first-order valence-electron chi connectivity index (χ1n) is 5.35. The highest BCUT2D eigenvalue weighted by atomic mass is 16.1. The average molecular weight is 202 g/mol. The van der Waals surface area contributed by atoms with Gasteiger partial charge in [0.2, 0.25) is 0 Å². The van der Waals surface area contributed by atoms with Crippen LogP contribution in [0.2, 0.25) is 0 Å². The standard InChI is InChI=1S/C12H14N2O/c15-12(11-7-13-9-14-8-11)6-10-4-2-1-3-5-10/h6-9H,1-5H2. The Hall–Kier alpha value is -1.51. The van der Waals surface area contributed by atoms with Crippen molar-refractivity contribution in [1.29, 1.82) is 0 Å². The number of ketones is 1. The van der Waals surface area contributed by atoms with Crippen LogP contribution in [0.5, 0.6) is 0 Å². The summed E-state index contributed by atoms with van der Waals surface area (Å²) in [4.78, 5) is 19.4. The van der Waals surface area contributed by atoms with E-state index in [-0.39, 0.29) is 5.78 Å². The van der Waals surface area contributed by atoms with E-state index >= 15 is 0 Å². The summed E-state index contributed by atoms with van der Waals surface area (Å²) >= 11 is 0. The normalized spacial score (nSPS) is 16.1. The molecule has 0 aliphatic heterocycles. The maximum absolute atomic E-state index is 11.8. The van der Waals surface area contributed by atoms with Gasteiger partial charge in [0.1, 0.15) is 6.33 Å². The third-order valence-electron chi connectivity index (χ3n) is 2.68. The van der Waals surface area contributed by atoms with Gasteiger partial charge in [-0.25, -0.2) is 9.97 Å². The Bertz CT molecular complexity index is 362. The van der Waals surface area contributed by atoms with Gasteiger partial charge in [0.05, 0.1) is 5.56 Å². The molecule has 1 aliphatic carbocycles. The Balaban J connectivity index is 2.08. The number of aromatic nitrogens is 2. The van der Waals surface area contributed by atoms with Crippen molar-refractivity contribution in [3.8, 4) is 0 Å². The fourth-order valence-electron chi connectivity index (χ4n) is 1.85. The average Bonchev–Trinajstić information content (AvgIpc) is 2.31. The smallest absolute Gasteiger partial charge is 0.188 e. The van der Waals surface area contributed by atoms with E-state index in [1.807, 2.05) is 0 Å². The van der Waals surface area contributed by atoms with Crippen LogP contribution < -0.4 is 0 Å². The number of rotatable bonds is 2. The highest BCUT2D eigenvalue weighted by molar-refractivity contribution is 6.04. The molecule has 0 bridgehead atoms. The second-order valence-electron chi connectivity index (χ2n) is 3.85. The molecule has 0 atom stereocenters. The molecule has 2 rings (SSSR count). The van der Waals surface area contributed by atoms with Gasteiger partial charge in [-0.15, -0.1) is 0 Å². The van der Waals surface area contributed by atoms with Crippen LogP contribution in [0.4, 0.5) is 0 Å². The van der Waals surface area contributed by atoms with Crippen LogP contribution in [-0.4, -0.2) is 15.8 Å². The monoisotopic (exact) mass is 202 g/mol. The third kappa shape index (κ3) is 2.72. The molecule has 1 aliphatic rings. The van der Waals surface area contributed by atoms with Gasteiger partial charge in [-0.05, 0) is 31.8 Å². The molecule has 1 saturated carbocycles. The van der Waals surface area contributed by atoms with Gasteiger partial charge in [0.15, 0.2) is 5.78 Å². The van der Waals surface area contributed by atoms with Crippen molar-refractivity contribution in [1.82, 2.24) is 9.97 Å². The van der Waals surface area contributed by atoms with Crippen molar-refractivity contribution in [3.63, 3.8) is 0 Å². The number of allylic oxidation sites excluding steroid dienone is 2. The fourth-order valence-corrected chi connectivity index (χ4v) is 1.85. The lowest BCUT2D eigenvalue weighted by molar-refractivity contribution is 0.104. The largest absolute Gasteiger partial charge is 0.289 e. The Kier molecular flexibility index (Phi) is 3.22. The first kappa shape index (κ1) is 10.0. The molecule has 78 valence electrons. The summed E-state index contributed by atoms with van der Waals surface area (Å²) in [7, 11) is 0. The molecule has 1 aromatic heterocycles. The van der Waals surface area contributed by atoms with E-state index in [0.717, 1.165) is 12.8 Å². The Labute approximate surface area is 89.3 Å². The van der Waals surface area contributed by atoms with E-state index in [1.165, 1.54) is 31.2 Å². The van der Waals surface area contributed by atoms with Gasteiger partial charge in [0, 0.05) is 12.4 Å². The topological polar surface area (TPSA) is 42.9 Å². The highest BCUT2D eigenvalue weighted by Gasteiger charge is 2.08. The molecule has 3 heteroatoms. The van der Waals surface area contributed by atoms with Crippen molar-refractivity contribution in [2.75, 3.05) is 0 Å². The summed E-state index contributed by atoms with van der Waals surface area (Å²) < 4.78 is 0. The summed E-state index contributed by atoms with van der Waals surface area (Å²) in [5.41, 5.74) is 1.85. The zero-order valence-corrected chi connectivity index (χ0v) is 8.65. The van der Waals surface area contributed by atoms with Crippen molar-refractivity contribution >= 4 is 5.78 Å². The molecule has 0 radical (unpaired) electrons. The molecule has 0 aromatic carbocycles. The predicted octanol–water partition coefficient (Wildman–Crippen LogP) is 2.55. The summed E-state index contributed by atoms with van der Waals surface area (Å²) in [6.45, 7) is 0. The van der Waals surface area contributed by atoms with Crippen LogP contribution in [0.15, 0.2) is 30.4 Å². The maximum Gasteiger partial charge on any atom is 0.188 e. The Morgan fingerprint density at radius 1 is 1.13 bits per heavy atom. The first-order valence-corrected chi connectivity index (χ1v) is 5.35. The van der Waals surface area contributed by atoms with Crippen molar-refractivity contribution < 1.29 is 4.79 Å². The van der Waals surface area contributed by atoms with Gasteiger partial charge in [-0.3, -0.25) is 4.79 Å². The van der Waals surface area contributed by atoms with E-state index in [1.54, 1.807) is 18.5 Å². The third-order valence-corrected chi connectivity index (χ3v) is 2.68.